The quantitative estimate of drug-likeness (QED) is 0.313. The predicted molar refractivity (Wildman–Crippen MR) is 106 cm³/mol. The van der Waals surface area contributed by atoms with Gasteiger partial charge in [-0.1, -0.05) is 26.7 Å². The Kier molecular flexibility index (Phi) is 12.2. The van der Waals surface area contributed by atoms with E-state index >= 15 is 0 Å². The fourth-order valence-corrected chi connectivity index (χ4v) is 2.21. The Labute approximate surface area is 157 Å². The van der Waals surface area contributed by atoms with Gasteiger partial charge in [-0.05, 0) is 38.3 Å². The molecule has 1 aromatic heterocycles. The van der Waals surface area contributed by atoms with Crippen molar-refractivity contribution < 1.29 is 9.52 Å². The first-order chi connectivity index (χ1) is 10.5. The normalized spacial score (nSPS) is 14.3. The van der Waals surface area contributed by atoms with Gasteiger partial charge in [0, 0.05) is 12.6 Å². The summed E-state index contributed by atoms with van der Waals surface area (Å²) in [5.74, 6) is 2.03. The fourth-order valence-electron chi connectivity index (χ4n) is 2.21. The molecule has 0 bridgehead atoms. The molecule has 0 aromatic carbocycles. The fraction of sp³-hybridized carbons (Fsp3) is 0.706. The summed E-state index contributed by atoms with van der Waals surface area (Å²) in [5.41, 5.74) is 0. The molecule has 0 fully saturated rings. The number of nitrogens with zero attached hydrogens (tertiary/aromatic N) is 1. The smallest absolute Gasteiger partial charge is 0.191 e. The lowest BCUT2D eigenvalue weighted by atomic mass is 10.0. The molecule has 2 atom stereocenters. The molecular formula is C17H32IN3O2. The van der Waals surface area contributed by atoms with E-state index in [1.54, 1.807) is 18.4 Å². The Hall–Kier alpha value is -0.760. The highest BCUT2D eigenvalue weighted by Crippen LogP contribution is 2.13. The van der Waals surface area contributed by atoms with Crippen molar-refractivity contribution in [3.8, 4) is 0 Å². The molecule has 6 heteroatoms. The molecular weight excluding hydrogens is 405 g/mol. The first-order valence-electron chi connectivity index (χ1n) is 8.29. The maximum atomic E-state index is 10.0. The molecule has 0 saturated carbocycles. The van der Waals surface area contributed by atoms with Gasteiger partial charge in [-0.15, -0.1) is 24.0 Å². The van der Waals surface area contributed by atoms with Gasteiger partial charge in [0.1, 0.15) is 11.9 Å². The van der Waals surface area contributed by atoms with Crippen LogP contribution in [0.4, 0.5) is 0 Å². The van der Waals surface area contributed by atoms with E-state index in [9.17, 15) is 5.11 Å². The van der Waals surface area contributed by atoms with Crippen LogP contribution in [0.3, 0.4) is 0 Å². The van der Waals surface area contributed by atoms with Crippen LogP contribution in [0.15, 0.2) is 27.8 Å². The Morgan fingerprint density at radius 3 is 2.61 bits per heavy atom. The molecule has 1 rings (SSSR count). The molecule has 0 aliphatic carbocycles. The van der Waals surface area contributed by atoms with E-state index in [-0.39, 0.29) is 30.5 Å². The molecule has 0 radical (unpaired) electrons. The second-order valence-corrected chi connectivity index (χ2v) is 6.12. The molecule has 1 heterocycles. The summed E-state index contributed by atoms with van der Waals surface area (Å²) < 4.78 is 5.18. The third-order valence-corrected chi connectivity index (χ3v) is 3.44. The summed E-state index contributed by atoms with van der Waals surface area (Å²) in [5, 5.41) is 16.6. The minimum Gasteiger partial charge on any atom is -0.467 e. The summed E-state index contributed by atoms with van der Waals surface area (Å²) in [4.78, 5) is 4.44. The maximum Gasteiger partial charge on any atom is 0.191 e. The van der Waals surface area contributed by atoms with E-state index < -0.39 is 6.10 Å². The maximum absolute atomic E-state index is 10.0. The van der Waals surface area contributed by atoms with Crippen molar-refractivity contribution in [1.82, 2.24) is 10.6 Å². The van der Waals surface area contributed by atoms with Crippen molar-refractivity contribution in [2.24, 2.45) is 10.9 Å². The number of aliphatic imine (C=N–C) groups is 1. The van der Waals surface area contributed by atoms with Crippen LogP contribution in [0.1, 0.15) is 58.8 Å². The Morgan fingerprint density at radius 1 is 1.30 bits per heavy atom. The number of halogens is 1. The number of furan rings is 1. The van der Waals surface area contributed by atoms with Crippen molar-refractivity contribution in [3.05, 3.63) is 24.2 Å². The summed E-state index contributed by atoms with van der Waals surface area (Å²) in [6, 6.07) is 3.88. The van der Waals surface area contributed by atoms with Gasteiger partial charge >= 0.3 is 0 Å². The van der Waals surface area contributed by atoms with Crippen LogP contribution >= 0.6 is 24.0 Å². The largest absolute Gasteiger partial charge is 0.467 e. The SMILES string of the molecule is CCNC(=NCC(O)c1ccco1)NC(C)CCCC(C)C.I. The van der Waals surface area contributed by atoms with Crippen molar-refractivity contribution in [2.75, 3.05) is 13.1 Å². The van der Waals surface area contributed by atoms with Crippen molar-refractivity contribution in [3.63, 3.8) is 0 Å². The molecule has 3 N–H and O–H groups in total. The molecule has 23 heavy (non-hydrogen) atoms. The lowest BCUT2D eigenvalue weighted by Crippen LogP contribution is -2.42. The van der Waals surface area contributed by atoms with E-state index in [0.29, 0.717) is 11.8 Å². The number of hydrogen-bond acceptors (Lipinski definition) is 3. The Balaban J connectivity index is 0.00000484. The number of nitrogens with one attached hydrogen (secondary N) is 2. The second kappa shape index (κ2) is 12.6. The van der Waals surface area contributed by atoms with E-state index in [4.69, 9.17) is 4.42 Å². The number of guanidine groups is 1. The van der Waals surface area contributed by atoms with Crippen LogP contribution < -0.4 is 10.6 Å². The van der Waals surface area contributed by atoms with E-state index in [1.165, 1.54) is 12.8 Å². The molecule has 2 unspecified atom stereocenters. The van der Waals surface area contributed by atoms with Gasteiger partial charge < -0.3 is 20.2 Å². The van der Waals surface area contributed by atoms with Crippen LogP contribution in [0.25, 0.3) is 0 Å². The van der Waals surface area contributed by atoms with Gasteiger partial charge in [0.25, 0.3) is 0 Å². The number of aliphatic hydroxyl groups is 1. The first-order valence-corrected chi connectivity index (χ1v) is 8.29. The zero-order valence-electron chi connectivity index (χ0n) is 14.7. The van der Waals surface area contributed by atoms with E-state index in [1.807, 2.05) is 6.92 Å². The summed E-state index contributed by atoms with van der Waals surface area (Å²) in [7, 11) is 0. The standard InChI is InChI=1S/C17H31N3O2.HI/c1-5-18-17(20-14(4)9-6-8-13(2)3)19-12-15(21)16-10-7-11-22-16;/h7,10-11,13-15,21H,5-6,8-9,12H2,1-4H3,(H2,18,19,20);1H. The number of hydrogen-bond donors (Lipinski definition) is 3. The third kappa shape index (κ3) is 9.86. The lowest BCUT2D eigenvalue weighted by Gasteiger charge is -2.18. The monoisotopic (exact) mass is 437 g/mol. The van der Waals surface area contributed by atoms with Crippen LogP contribution in [-0.4, -0.2) is 30.2 Å². The summed E-state index contributed by atoms with van der Waals surface area (Å²) in [6.07, 6.45) is 4.42. The average Bonchev–Trinajstić information content (AvgIpc) is 2.98. The zero-order valence-corrected chi connectivity index (χ0v) is 17.0. The highest BCUT2D eigenvalue weighted by atomic mass is 127. The lowest BCUT2D eigenvalue weighted by molar-refractivity contribution is 0.158. The topological polar surface area (TPSA) is 69.8 Å². The van der Waals surface area contributed by atoms with Gasteiger partial charge in [0.05, 0.1) is 12.8 Å². The van der Waals surface area contributed by atoms with Gasteiger partial charge in [0.2, 0.25) is 0 Å². The van der Waals surface area contributed by atoms with Crippen molar-refractivity contribution in [1.29, 1.82) is 0 Å². The molecule has 1 aromatic rings. The van der Waals surface area contributed by atoms with Crippen molar-refractivity contribution >= 4 is 29.9 Å². The molecule has 0 aliphatic rings. The van der Waals surface area contributed by atoms with Crippen molar-refractivity contribution in [2.45, 2.75) is 59.1 Å². The summed E-state index contributed by atoms with van der Waals surface area (Å²) in [6.45, 7) is 9.77. The molecule has 0 saturated heterocycles. The zero-order chi connectivity index (χ0) is 16.4. The molecule has 0 spiro atoms. The van der Waals surface area contributed by atoms with Crippen LogP contribution in [-0.2, 0) is 0 Å². The molecule has 5 nitrogen and oxygen atoms in total. The van der Waals surface area contributed by atoms with E-state index in [0.717, 1.165) is 24.8 Å². The molecule has 0 amide bonds. The van der Waals surface area contributed by atoms with Crippen LogP contribution in [0.5, 0.6) is 0 Å². The first kappa shape index (κ1) is 22.2. The molecule has 134 valence electrons. The van der Waals surface area contributed by atoms with Gasteiger partial charge in [-0.25, -0.2) is 0 Å². The second-order valence-electron chi connectivity index (χ2n) is 6.12. The third-order valence-electron chi connectivity index (χ3n) is 3.44. The van der Waals surface area contributed by atoms with Crippen LogP contribution in [0, 0.1) is 5.92 Å². The number of aliphatic hydroxyl groups excluding tert-OH is 1. The van der Waals surface area contributed by atoms with Gasteiger partial charge in [0.15, 0.2) is 5.96 Å². The highest BCUT2D eigenvalue weighted by molar-refractivity contribution is 14.0. The average molecular weight is 437 g/mol. The van der Waals surface area contributed by atoms with E-state index in [2.05, 4.69) is 36.4 Å². The number of rotatable bonds is 9. The highest BCUT2D eigenvalue weighted by Gasteiger charge is 2.11. The predicted octanol–water partition coefficient (Wildman–Crippen LogP) is 3.70. The Bertz CT molecular complexity index is 421. The van der Waals surface area contributed by atoms with Gasteiger partial charge in [-0.3, -0.25) is 4.99 Å². The van der Waals surface area contributed by atoms with Gasteiger partial charge in [-0.2, -0.15) is 0 Å². The minimum atomic E-state index is -0.707. The van der Waals surface area contributed by atoms with Crippen LogP contribution in [0.2, 0.25) is 0 Å². The minimum absolute atomic E-state index is 0. The Morgan fingerprint density at radius 2 is 2.04 bits per heavy atom. The summed E-state index contributed by atoms with van der Waals surface area (Å²) >= 11 is 0. The molecule has 0 aliphatic heterocycles.